The van der Waals surface area contributed by atoms with Crippen molar-refractivity contribution in [2.75, 3.05) is 7.11 Å². The first-order chi connectivity index (χ1) is 6.56. The maximum Gasteiger partial charge on any atom is 0.337 e. The number of methoxy groups -OCH3 is 1. The summed E-state index contributed by atoms with van der Waals surface area (Å²) in [6.45, 7) is 0. The lowest BCUT2D eigenvalue weighted by atomic mass is 10.1. The summed E-state index contributed by atoms with van der Waals surface area (Å²) in [5.41, 5.74) is 0.0452. The van der Waals surface area contributed by atoms with Crippen LogP contribution in [0.1, 0.15) is 20.7 Å². The predicted octanol–water partition coefficient (Wildman–Crippen LogP) is 2.25. The van der Waals surface area contributed by atoms with Crippen molar-refractivity contribution < 1.29 is 19.4 Å². The summed E-state index contributed by atoms with van der Waals surface area (Å²) >= 11 is 5.61. The van der Waals surface area contributed by atoms with Gasteiger partial charge in [0.15, 0.2) is 0 Å². The van der Waals surface area contributed by atoms with Crippen molar-refractivity contribution in [1.82, 2.24) is 0 Å². The third-order valence-electron chi connectivity index (χ3n) is 1.62. The predicted molar refractivity (Wildman–Crippen MR) is 57.0 cm³/mol. The lowest BCUT2D eigenvalue weighted by Gasteiger charge is -2.02. The lowest BCUT2D eigenvalue weighted by molar-refractivity contribution is 0.0600. The molecule has 0 heterocycles. The number of esters is 1. The Morgan fingerprint density at radius 1 is 1.40 bits per heavy atom. The van der Waals surface area contributed by atoms with Crippen LogP contribution in [0.25, 0.3) is 0 Å². The topological polar surface area (TPSA) is 63.6 Å². The number of carbonyl (C=O) groups is 2. The Hall–Kier alpha value is -1.26. The van der Waals surface area contributed by atoms with E-state index in [9.17, 15) is 9.59 Å². The lowest BCUT2D eigenvalue weighted by Crippen LogP contribution is -2.04. The van der Waals surface area contributed by atoms with E-state index in [1.165, 1.54) is 25.3 Å². The van der Waals surface area contributed by atoms with Crippen LogP contribution in [0.2, 0.25) is 5.02 Å². The third kappa shape index (κ3) is 3.11. The van der Waals surface area contributed by atoms with E-state index in [0.29, 0.717) is 0 Å². The fourth-order valence-corrected chi connectivity index (χ4v) is 1.13. The second kappa shape index (κ2) is 5.58. The highest BCUT2D eigenvalue weighted by Crippen LogP contribution is 2.17. The van der Waals surface area contributed by atoms with Gasteiger partial charge in [0.25, 0.3) is 0 Å². The molecule has 0 bridgehead atoms. The van der Waals surface area contributed by atoms with Crippen LogP contribution in [-0.4, -0.2) is 24.2 Å². The largest absolute Gasteiger partial charge is 0.478 e. The number of hydrogen-bond donors (Lipinski definition) is 1. The highest BCUT2D eigenvalue weighted by Gasteiger charge is 2.13. The summed E-state index contributed by atoms with van der Waals surface area (Å²) in [5.74, 6) is -1.77. The van der Waals surface area contributed by atoms with E-state index in [-0.39, 0.29) is 28.6 Å². The Balaban J connectivity index is 0.00000196. The first kappa shape index (κ1) is 13.7. The van der Waals surface area contributed by atoms with E-state index in [2.05, 4.69) is 4.74 Å². The van der Waals surface area contributed by atoms with Gasteiger partial charge in [-0.15, -0.1) is 12.4 Å². The van der Waals surface area contributed by atoms with Gasteiger partial charge in [-0.25, -0.2) is 9.59 Å². The molecule has 0 saturated carbocycles. The number of hydrogen-bond acceptors (Lipinski definition) is 3. The van der Waals surface area contributed by atoms with Crippen LogP contribution < -0.4 is 0 Å². The Morgan fingerprint density at radius 2 is 2.00 bits per heavy atom. The molecule has 0 radical (unpaired) electrons. The van der Waals surface area contributed by atoms with Crippen molar-refractivity contribution in [3.05, 3.63) is 34.3 Å². The maximum absolute atomic E-state index is 11.0. The van der Waals surface area contributed by atoms with Crippen molar-refractivity contribution >= 4 is 35.9 Å². The SMILES string of the molecule is COC(=O)c1ccc(Cl)c(C(=O)O)c1.Cl. The molecule has 0 aliphatic rings. The van der Waals surface area contributed by atoms with Crippen LogP contribution in [0.4, 0.5) is 0 Å². The van der Waals surface area contributed by atoms with Crippen LogP contribution in [0, 0.1) is 0 Å². The number of carboxylic acids is 1. The summed E-state index contributed by atoms with van der Waals surface area (Å²) < 4.78 is 4.44. The van der Waals surface area contributed by atoms with E-state index in [1.807, 2.05) is 0 Å². The van der Waals surface area contributed by atoms with Crippen LogP contribution in [0.5, 0.6) is 0 Å². The Morgan fingerprint density at radius 3 is 2.47 bits per heavy atom. The summed E-state index contributed by atoms with van der Waals surface area (Å²) in [4.78, 5) is 21.7. The fourth-order valence-electron chi connectivity index (χ4n) is 0.934. The summed E-state index contributed by atoms with van der Waals surface area (Å²) in [6.07, 6.45) is 0. The number of halogens is 2. The highest BCUT2D eigenvalue weighted by atomic mass is 35.5. The number of ether oxygens (including phenoxy) is 1. The molecule has 4 nitrogen and oxygen atoms in total. The molecule has 0 aliphatic carbocycles. The minimum absolute atomic E-state index is 0. The molecule has 0 fully saturated rings. The average molecular weight is 251 g/mol. The minimum atomic E-state index is -1.18. The molecular formula is C9H8Cl2O4. The molecule has 0 saturated heterocycles. The molecule has 1 aromatic carbocycles. The van der Waals surface area contributed by atoms with E-state index in [4.69, 9.17) is 16.7 Å². The Kier molecular flexibility index (Phi) is 5.11. The second-order valence-electron chi connectivity index (χ2n) is 2.49. The summed E-state index contributed by atoms with van der Waals surface area (Å²) in [5, 5.41) is 8.80. The van der Waals surface area contributed by atoms with Crippen LogP contribution in [0.3, 0.4) is 0 Å². The Bertz CT molecular complexity index is 390. The summed E-state index contributed by atoms with van der Waals surface area (Å²) in [6, 6.07) is 3.92. The standard InChI is InChI=1S/C9H7ClO4.ClH/c1-14-9(13)5-2-3-7(10)6(4-5)8(11)12;/h2-4H,1H3,(H,11,12);1H. The molecule has 82 valence electrons. The van der Waals surface area contributed by atoms with E-state index in [1.54, 1.807) is 0 Å². The monoisotopic (exact) mass is 250 g/mol. The van der Waals surface area contributed by atoms with E-state index in [0.717, 1.165) is 0 Å². The first-order valence-electron chi connectivity index (χ1n) is 3.67. The van der Waals surface area contributed by atoms with Crippen molar-refractivity contribution in [2.45, 2.75) is 0 Å². The van der Waals surface area contributed by atoms with Gasteiger partial charge >= 0.3 is 11.9 Å². The van der Waals surface area contributed by atoms with Gasteiger partial charge < -0.3 is 9.84 Å². The second-order valence-corrected chi connectivity index (χ2v) is 2.90. The van der Waals surface area contributed by atoms with E-state index >= 15 is 0 Å². The molecular weight excluding hydrogens is 243 g/mol. The van der Waals surface area contributed by atoms with Gasteiger partial charge in [-0.2, -0.15) is 0 Å². The van der Waals surface area contributed by atoms with Gasteiger partial charge in [0.05, 0.1) is 23.3 Å². The fraction of sp³-hybridized carbons (Fsp3) is 0.111. The van der Waals surface area contributed by atoms with Crippen LogP contribution in [-0.2, 0) is 4.74 Å². The molecule has 0 aliphatic heterocycles. The number of carbonyl (C=O) groups excluding carboxylic acids is 1. The van der Waals surface area contributed by atoms with Gasteiger partial charge in [-0.3, -0.25) is 0 Å². The number of aromatic carboxylic acids is 1. The molecule has 6 heteroatoms. The van der Waals surface area contributed by atoms with Crippen LogP contribution >= 0.6 is 24.0 Å². The molecule has 0 atom stereocenters. The quantitative estimate of drug-likeness (QED) is 0.818. The smallest absolute Gasteiger partial charge is 0.337 e. The minimum Gasteiger partial charge on any atom is -0.478 e. The van der Waals surface area contributed by atoms with Gasteiger partial charge in [0, 0.05) is 0 Å². The highest BCUT2D eigenvalue weighted by molar-refractivity contribution is 6.33. The Labute approximate surface area is 97.2 Å². The maximum atomic E-state index is 11.0. The average Bonchev–Trinajstić information content (AvgIpc) is 2.17. The van der Waals surface area contributed by atoms with Gasteiger partial charge in [-0.1, -0.05) is 11.6 Å². The zero-order valence-electron chi connectivity index (χ0n) is 7.69. The molecule has 0 spiro atoms. The molecule has 1 aromatic rings. The summed E-state index contributed by atoms with van der Waals surface area (Å²) in [7, 11) is 1.22. The van der Waals surface area contributed by atoms with Crippen LogP contribution in [0.15, 0.2) is 18.2 Å². The zero-order chi connectivity index (χ0) is 10.7. The molecule has 1 N–H and O–H groups in total. The number of rotatable bonds is 2. The van der Waals surface area contributed by atoms with Crippen molar-refractivity contribution in [3.8, 4) is 0 Å². The van der Waals surface area contributed by atoms with Crippen molar-refractivity contribution in [1.29, 1.82) is 0 Å². The molecule has 0 aromatic heterocycles. The normalized spacial score (nSPS) is 8.93. The molecule has 1 rings (SSSR count). The van der Waals surface area contributed by atoms with Crippen molar-refractivity contribution in [3.63, 3.8) is 0 Å². The number of benzene rings is 1. The van der Waals surface area contributed by atoms with Crippen molar-refractivity contribution in [2.24, 2.45) is 0 Å². The first-order valence-corrected chi connectivity index (χ1v) is 4.05. The molecule has 15 heavy (non-hydrogen) atoms. The molecule has 0 unspecified atom stereocenters. The van der Waals surface area contributed by atoms with Gasteiger partial charge in [0.2, 0.25) is 0 Å². The van der Waals surface area contributed by atoms with Gasteiger partial charge in [0.1, 0.15) is 0 Å². The molecule has 0 amide bonds. The third-order valence-corrected chi connectivity index (χ3v) is 1.95. The number of carboxylic acid groups (broad SMARTS) is 1. The van der Waals surface area contributed by atoms with E-state index < -0.39 is 11.9 Å². The zero-order valence-corrected chi connectivity index (χ0v) is 9.26. The van der Waals surface area contributed by atoms with Gasteiger partial charge in [-0.05, 0) is 18.2 Å².